The fourth-order valence-electron chi connectivity index (χ4n) is 8.96. The molecule has 64 heavy (non-hydrogen) atoms. The summed E-state index contributed by atoms with van der Waals surface area (Å²) in [6, 6.07) is 7.88. The highest BCUT2D eigenvalue weighted by Gasteiger charge is 2.39. The van der Waals surface area contributed by atoms with Crippen molar-refractivity contribution in [3.05, 3.63) is 58.2 Å². The van der Waals surface area contributed by atoms with Crippen LogP contribution in [0.25, 0.3) is 33.4 Å². The van der Waals surface area contributed by atoms with Gasteiger partial charge in [-0.05, 0) is 68.9 Å². The summed E-state index contributed by atoms with van der Waals surface area (Å²) in [5.74, 6) is -1.86. The van der Waals surface area contributed by atoms with E-state index in [1.54, 1.807) is 13.3 Å². The average molecular weight is 933 g/mol. The molecule has 6 bridgehead atoms. The normalized spacial score (nSPS) is 21.5. The Bertz CT molecular complexity index is 2490. The number of ether oxygens (including phenoxy) is 2. The Morgan fingerprint density at radius 1 is 1.14 bits per heavy atom. The Kier molecular flexibility index (Phi) is 14.3. The lowest BCUT2D eigenvalue weighted by molar-refractivity contribution is -0.146. The van der Waals surface area contributed by atoms with Crippen LogP contribution in [-0.4, -0.2) is 135 Å². The molecular weight excluding hydrogens is 873 g/mol. The maximum Gasteiger partial charge on any atom is 0.320 e. The molecule has 344 valence electrons. The molecule has 1 aromatic carbocycles. The van der Waals surface area contributed by atoms with Crippen molar-refractivity contribution in [2.45, 2.75) is 97.5 Å². The Hall–Kier alpha value is -4.69. The van der Waals surface area contributed by atoms with E-state index in [0.717, 1.165) is 44.7 Å². The number of methoxy groups -OCH3 is 1. The van der Waals surface area contributed by atoms with Crippen molar-refractivity contribution in [1.82, 2.24) is 39.8 Å². The third-order valence-corrected chi connectivity index (χ3v) is 16.2. The van der Waals surface area contributed by atoms with Gasteiger partial charge in [-0.1, -0.05) is 33.8 Å². The number of amides is 4. The molecule has 3 aliphatic heterocycles. The maximum absolute atomic E-state index is 14.6. The van der Waals surface area contributed by atoms with Gasteiger partial charge in [0.15, 0.2) is 19.5 Å². The van der Waals surface area contributed by atoms with Gasteiger partial charge in [-0.2, -0.15) is 0 Å². The first-order valence-corrected chi connectivity index (χ1v) is 25.8. The number of fused-ring (bicyclic) bond motifs is 7. The van der Waals surface area contributed by atoms with Crippen LogP contribution in [0.1, 0.15) is 76.8 Å². The summed E-state index contributed by atoms with van der Waals surface area (Å²) in [5.41, 5.74) is 5.63. The zero-order valence-electron chi connectivity index (χ0n) is 38.0. The quantitative estimate of drug-likeness (QED) is 0.178. The highest BCUT2D eigenvalue weighted by Crippen LogP contribution is 2.42. The fraction of sp³-hybridized carbons (Fsp3) is 0.556. The number of nitrogens with zero attached hydrogens (tertiary/aromatic N) is 6. The molecule has 3 aromatic heterocycles. The molecule has 2 fully saturated rings. The summed E-state index contributed by atoms with van der Waals surface area (Å²) >= 11 is 1.40. The van der Waals surface area contributed by atoms with Gasteiger partial charge in [-0.3, -0.25) is 29.5 Å². The standard InChI is InChI=1S/C45H60N8O8S2Si/c1-9-52-35-15-14-29-22-31(35)32(40(52)30-12-10-16-46-38(30)28(4)60-8)24-45(5,6)26-61-43(56)36-13-11-17-53(49-64-36)42(55)33(23-37-47-34(29)25-62-37)48-41(54)39(27(2)3)50(7)44(57)51-18-20-63(58,59)21-19-51/h10,12,14-16,22,25,27-28,33,36,39,49H,9,11,13,17-21,23-24,26H2,1-8H3,(H,48,54)/t28-,33-,36-,39-/m0/s1. The number of nitrogens with one attached hydrogen (secondary N) is 2. The van der Waals surface area contributed by atoms with Crippen LogP contribution in [0, 0.1) is 11.3 Å². The number of urea groups is 1. The minimum atomic E-state index is -3.23. The van der Waals surface area contributed by atoms with Crippen LogP contribution in [-0.2, 0) is 53.1 Å². The first kappa shape index (κ1) is 47.3. The summed E-state index contributed by atoms with van der Waals surface area (Å²) in [5, 5.41) is 11.3. The molecule has 2 N–H and O–H groups in total. The number of pyridine rings is 1. The monoisotopic (exact) mass is 932 g/mol. The number of rotatable bonds is 8. The first-order chi connectivity index (χ1) is 30.4. The number of carbonyl (C=O) groups is 4. The SMILES string of the molecule is CCn1c(-c2cccnc2[C@H](C)OC)c2c3cc(ccc31)-c1csc(n1)C[C@H](NC(=O)[C@H](C(C)C)N(C)C(=O)N1CCS(=O)(=O)CC1)C(=O)N1CCC[C@H]([Si]N1)C(=O)OCC(C)(C)C2. The Labute approximate surface area is 382 Å². The number of benzene rings is 1. The molecule has 0 aliphatic carbocycles. The van der Waals surface area contributed by atoms with E-state index in [4.69, 9.17) is 19.4 Å². The Morgan fingerprint density at radius 2 is 1.89 bits per heavy atom. The number of sulfone groups is 1. The lowest BCUT2D eigenvalue weighted by Crippen LogP contribution is -2.60. The van der Waals surface area contributed by atoms with Crippen molar-refractivity contribution in [2.24, 2.45) is 11.3 Å². The summed E-state index contributed by atoms with van der Waals surface area (Å²) in [6.07, 6.45) is 3.23. The van der Waals surface area contributed by atoms with E-state index in [0.29, 0.717) is 37.4 Å². The molecule has 4 amide bonds. The molecule has 4 atom stereocenters. The molecule has 2 saturated heterocycles. The van der Waals surface area contributed by atoms with Gasteiger partial charge >= 0.3 is 12.0 Å². The third kappa shape index (κ3) is 10.1. The van der Waals surface area contributed by atoms with E-state index >= 15 is 0 Å². The Balaban J connectivity index is 1.28. The van der Waals surface area contributed by atoms with Crippen molar-refractivity contribution in [3.63, 3.8) is 0 Å². The van der Waals surface area contributed by atoms with Crippen molar-refractivity contribution in [3.8, 4) is 22.5 Å². The fourth-order valence-corrected chi connectivity index (χ4v) is 12.1. The predicted octanol–water partition coefficient (Wildman–Crippen LogP) is 5.05. The van der Waals surface area contributed by atoms with Crippen LogP contribution in [0.15, 0.2) is 41.9 Å². The molecule has 16 nitrogen and oxygen atoms in total. The van der Waals surface area contributed by atoms with Crippen LogP contribution < -0.4 is 10.4 Å². The first-order valence-electron chi connectivity index (χ1n) is 22.0. The highest BCUT2D eigenvalue weighted by molar-refractivity contribution is 7.91. The molecule has 19 heteroatoms. The summed E-state index contributed by atoms with van der Waals surface area (Å²) in [6.45, 7) is 13.2. The molecule has 4 aromatic rings. The molecule has 0 unspecified atom stereocenters. The Morgan fingerprint density at radius 3 is 2.59 bits per heavy atom. The number of cyclic esters (lactones) is 1. The lowest BCUT2D eigenvalue weighted by atomic mass is 9.84. The molecular formula is C45H60N8O8S2Si. The second kappa shape index (κ2) is 19.4. The topological polar surface area (TPSA) is 185 Å². The summed E-state index contributed by atoms with van der Waals surface area (Å²) in [4.78, 5) is 69.1. The van der Waals surface area contributed by atoms with Crippen LogP contribution in [0.2, 0.25) is 5.54 Å². The van der Waals surface area contributed by atoms with Crippen molar-refractivity contribution >= 4 is 65.6 Å². The number of aromatic nitrogens is 3. The van der Waals surface area contributed by atoms with Gasteiger partial charge in [-0.25, -0.2) is 18.2 Å². The van der Waals surface area contributed by atoms with Gasteiger partial charge in [0.25, 0.3) is 5.91 Å². The minimum Gasteiger partial charge on any atom is -0.465 e. The van der Waals surface area contributed by atoms with Gasteiger partial charge in [0, 0.05) is 85.8 Å². The number of thiazole rings is 1. The van der Waals surface area contributed by atoms with E-state index in [-0.39, 0.29) is 71.2 Å². The van der Waals surface area contributed by atoms with E-state index in [2.05, 4.69) is 60.0 Å². The lowest BCUT2D eigenvalue weighted by Gasteiger charge is -2.37. The minimum absolute atomic E-state index is 0.0398. The molecule has 0 spiro atoms. The van der Waals surface area contributed by atoms with Gasteiger partial charge in [0.1, 0.15) is 12.1 Å². The number of hydrogen-bond donors (Lipinski definition) is 2. The highest BCUT2D eigenvalue weighted by atomic mass is 32.2. The van der Waals surface area contributed by atoms with Gasteiger partial charge < -0.3 is 29.2 Å². The number of carbonyl (C=O) groups excluding carboxylic acids is 4. The number of hydrogen-bond acceptors (Lipinski definition) is 12. The molecule has 2 radical (unpaired) electrons. The second-order valence-electron chi connectivity index (χ2n) is 18.1. The molecule has 6 heterocycles. The smallest absolute Gasteiger partial charge is 0.320 e. The van der Waals surface area contributed by atoms with Crippen LogP contribution >= 0.6 is 11.3 Å². The van der Waals surface area contributed by atoms with E-state index in [1.807, 2.05) is 32.2 Å². The van der Waals surface area contributed by atoms with Gasteiger partial charge in [0.05, 0.1) is 51.8 Å². The predicted molar refractivity (Wildman–Crippen MR) is 247 cm³/mol. The van der Waals surface area contributed by atoms with Crippen LogP contribution in [0.4, 0.5) is 4.79 Å². The van der Waals surface area contributed by atoms with Gasteiger partial charge in [-0.15, -0.1) is 11.3 Å². The van der Waals surface area contributed by atoms with E-state index in [9.17, 15) is 27.6 Å². The number of hydrazine groups is 1. The van der Waals surface area contributed by atoms with Crippen LogP contribution in [0.5, 0.6) is 0 Å². The number of esters is 1. The van der Waals surface area contributed by atoms with Crippen molar-refractivity contribution < 1.29 is 37.1 Å². The maximum atomic E-state index is 14.6. The number of likely N-dealkylation sites (N-methyl/N-ethyl adjacent to an activating group) is 1. The zero-order valence-corrected chi connectivity index (χ0v) is 40.6. The molecule has 7 rings (SSSR count). The van der Waals surface area contributed by atoms with Crippen LogP contribution in [0.3, 0.4) is 0 Å². The second-order valence-corrected chi connectivity index (χ2v) is 22.6. The molecule has 3 aliphatic rings. The van der Waals surface area contributed by atoms with E-state index < -0.39 is 44.8 Å². The zero-order chi connectivity index (χ0) is 46.1. The average Bonchev–Trinajstić information content (AvgIpc) is 3.75. The largest absolute Gasteiger partial charge is 0.465 e. The summed E-state index contributed by atoms with van der Waals surface area (Å²) in [7, 11) is -0.167. The summed E-state index contributed by atoms with van der Waals surface area (Å²) < 4.78 is 38.5. The third-order valence-electron chi connectivity index (χ3n) is 12.5. The number of aryl methyl sites for hydroxylation is 1. The van der Waals surface area contributed by atoms with E-state index in [1.165, 1.54) is 33.2 Å². The van der Waals surface area contributed by atoms with Crippen molar-refractivity contribution in [2.75, 3.05) is 51.9 Å². The van der Waals surface area contributed by atoms with Crippen molar-refractivity contribution in [1.29, 1.82) is 0 Å². The molecule has 0 saturated carbocycles. The van der Waals surface area contributed by atoms with Gasteiger partial charge in [0.2, 0.25) is 5.91 Å².